The fourth-order valence-electron chi connectivity index (χ4n) is 4.88. The lowest BCUT2D eigenvalue weighted by Gasteiger charge is -2.19. The van der Waals surface area contributed by atoms with Crippen molar-refractivity contribution in [3.63, 3.8) is 0 Å². The van der Waals surface area contributed by atoms with Crippen molar-refractivity contribution in [2.24, 2.45) is 0 Å². The number of rotatable bonds is 12. The van der Waals surface area contributed by atoms with Crippen LogP contribution in [0.3, 0.4) is 0 Å². The van der Waals surface area contributed by atoms with Gasteiger partial charge >= 0.3 is 0 Å². The molecule has 0 radical (unpaired) electrons. The predicted molar refractivity (Wildman–Crippen MR) is 196 cm³/mol. The number of carbonyl (C=O) groups is 3. The molecule has 1 unspecified atom stereocenters. The van der Waals surface area contributed by atoms with Gasteiger partial charge in [0, 0.05) is 22.2 Å². The fraction of sp³-hybridized carbons (Fsp3) is 0.103. The maximum absolute atomic E-state index is 13.7. The number of ether oxygens (including phenoxy) is 2. The number of nitrogens with one attached hydrogen (secondary N) is 3. The third-order valence-corrected chi connectivity index (χ3v) is 8.88. The Kier molecular flexibility index (Phi) is 11.8. The summed E-state index contributed by atoms with van der Waals surface area (Å²) in [6.07, 6.45) is 1.64. The Morgan fingerprint density at radius 2 is 1.43 bits per heavy atom. The van der Waals surface area contributed by atoms with Gasteiger partial charge < -0.3 is 25.4 Å². The van der Waals surface area contributed by atoms with E-state index in [2.05, 4.69) is 16.0 Å². The summed E-state index contributed by atoms with van der Waals surface area (Å²) in [5, 5.41) is 8.29. The summed E-state index contributed by atoms with van der Waals surface area (Å²) in [5.74, 6) is -0.342. The Hall–Kier alpha value is -5.51. The molecule has 0 fully saturated rings. The number of thioether (sulfide) groups is 1. The number of carbonyl (C=O) groups excluding carboxylic acids is 3. The van der Waals surface area contributed by atoms with E-state index in [1.165, 1.54) is 26.0 Å². The summed E-state index contributed by atoms with van der Waals surface area (Å²) in [6.45, 7) is 1.96. The van der Waals surface area contributed by atoms with Crippen LogP contribution < -0.4 is 25.4 Å². The average molecular weight is 692 g/mol. The van der Waals surface area contributed by atoms with E-state index in [0.29, 0.717) is 33.5 Å². The minimum absolute atomic E-state index is 0.0905. The molecule has 49 heavy (non-hydrogen) atoms. The Balaban J connectivity index is 1.34. The van der Waals surface area contributed by atoms with Crippen LogP contribution in [0.4, 0.5) is 11.4 Å². The lowest BCUT2D eigenvalue weighted by molar-refractivity contribution is -0.116. The van der Waals surface area contributed by atoms with Crippen molar-refractivity contribution in [2.75, 3.05) is 24.9 Å². The molecular formula is C39H34ClN3O5S. The molecular weight excluding hydrogens is 658 g/mol. The molecule has 0 aromatic heterocycles. The van der Waals surface area contributed by atoms with E-state index in [0.717, 1.165) is 21.6 Å². The van der Waals surface area contributed by atoms with Gasteiger partial charge in [-0.3, -0.25) is 14.4 Å². The standard InChI is InChI=1S/C39H34ClN3O5S/c1-25-11-10-12-26(21-25)22-33(43-37(44)28-15-8-5-9-16-28)38(45)41-29-17-19-30(20-18-29)49-36(27-13-6-4-7-14-27)39(46)42-32-23-31(40)34(47-2)24-35(32)48-3/h4-24,36H,1-3H3,(H,41,45)(H,42,46)(H,43,44)/b33-22-. The van der Waals surface area contributed by atoms with E-state index < -0.39 is 17.1 Å². The van der Waals surface area contributed by atoms with Crippen LogP contribution in [0.5, 0.6) is 11.5 Å². The predicted octanol–water partition coefficient (Wildman–Crippen LogP) is 8.55. The molecule has 0 bridgehead atoms. The first kappa shape index (κ1) is 34.8. The van der Waals surface area contributed by atoms with E-state index in [9.17, 15) is 14.4 Å². The Labute approximate surface area is 294 Å². The topological polar surface area (TPSA) is 106 Å². The molecule has 248 valence electrons. The molecule has 0 aliphatic carbocycles. The lowest BCUT2D eigenvalue weighted by Crippen LogP contribution is -2.30. The third kappa shape index (κ3) is 9.31. The van der Waals surface area contributed by atoms with Crippen molar-refractivity contribution in [2.45, 2.75) is 17.1 Å². The largest absolute Gasteiger partial charge is 0.495 e. The van der Waals surface area contributed by atoms with Gasteiger partial charge in [0.25, 0.3) is 11.8 Å². The summed E-state index contributed by atoms with van der Waals surface area (Å²) >= 11 is 7.69. The van der Waals surface area contributed by atoms with Crippen molar-refractivity contribution in [1.29, 1.82) is 0 Å². The summed E-state index contributed by atoms with van der Waals surface area (Å²) in [7, 11) is 3.00. The van der Waals surface area contributed by atoms with E-state index in [1.54, 1.807) is 54.6 Å². The van der Waals surface area contributed by atoms with Crippen LogP contribution >= 0.6 is 23.4 Å². The van der Waals surface area contributed by atoms with Crippen molar-refractivity contribution in [3.05, 3.63) is 154 Å². The minimum atomic E-state index is -0.635. The first-order chi connectivity index (χ1) is 23.7. The Morgan fingerprint density at radius 1 is 0.755 bits per heavy atom. The van der Waals surface area contributed by atoms with E-state index in [-0.39, 0.29) is 11.6 Å². The summed E-state index contributed by atoms with van der Waals surface area (Å²) in [4.78, 5) is 41.0. The lowest BCUT2D eigenvalue weighted by atomic mass is 10.1. The van der Waals surface area contributed by atoms with Crippen LogP contribution in [0, 0.1) is 6.92 Å². The number of hydrogen-bond acceptors (Lipinski definition) is 6. The Bertz CT molecular complexity index is 1970. The highest BCUT2D eigenvalue weighted by Crippen LogP contribution is 2.40. The second-order valence-electron chi connectivity index (χ2n) is 10.9. The molecule has 0 aliphatic rings. The van der Waals surface area contributed by atoms with Crippen molar-refractivity contribution in [1.82, 2.24) is 5.32 Å². The van der Waals surface area contributed by atoms with Crippen molar-refractivity contribution >= 4 is 58.5 Å². The molecule has 5 aromatic carbocycles. The van der Waals surface area contributed by atoms with Gasteiger partial charge in [0.15, 0.2) is 0 Å². The number of amides is 3. The van der Waals surface area contributed by atoms with E-state index >= 15 is 0 Å². The van der Waals surface area contributed by atoms with Crippen molar-refractivity contribution in [3.8, 4) is 11.5 Å². The second-order valence-corrected chi connectivity index (χ2v) is 12.4. The van der Waals surface area contributed by atoms with Gasteiger partial charge in [-0.15, -0.1) is 11.8 Å². The average Bonchev–Trinajstić information content (AvgIpc) is 3.11. The SMILES string of the molecule is COc1cc(OC)c(NC(=O)C(Sc2ccc(NC(=O)/C(=C/c3cccc(C)c3)NC(=O)c3ccccc3)cc2)c2ccccc2)cc1Cl. The van der Waals surface area contributed by atoms with E-state index in [4.69, 9.17) is 21.1 Å². The normalized spacial score (nSPS) is 11.6. The molecule has 8 nitrogen and oxygen atoms in total. The smallest absolute Gasteiger partial charge is 0.272 e. The van der Waals surface area contributed by atoms with Crippen LogP contribution in [-0.4, -0.2) is 31.9 Å². The molecule has 0 spiro atoms. The van der Waals surface area contributed by atoms with Gasteiger partial charge in [0.05, 0.1) is 24.9 Å². The zero-order valence-electron chi connectivity index (χ0n) is 27.0. The number of benzene rings is 5. The highest BCUT2D eigenvalue weighted by Gasteiger charge is 2.24. The fourth-order valence-corrected chi connectivity index (χ4v) is 6.14. The highest BCUT2D eigenvalue weighted by molar-refractivity contribution is 8.00. The molecule has 5 rings (SSSR count). The highest BCUT2D eigenvalue weighted by atomic mass is 35.5. The summed E-state index contributed by atoms with van der Waals surface area (Å²) in [6, 6.07) is 36.1. The first-order valence-corrected chi connectivity index (χ1v) is 16.5. The second kappa shape index (κ2) is 16.5. The third-order valence-electron chi connectivity index (χ3n) is 7.32. The quantitative estimate of drug-likeness (QED) is 0.0895. The van der Waals surface area contributed by atoms with Crippen LogP contribution in [-0.2, 0) is 9.59 Å². The molecule has 10 heteroatoms. The van der Waals surface area contributed by atoms with Crippen LogP contribution in [0.25, 0.3) is 6.08 Å². The minimum Gasteiger partial charge on any atom is -0.495 e. The molecule has 5 aromatic rings. The maximum atomic E-state index is 13.7. The van der Waals surface area contributed by atoms with Gasteiger partial charge in [-0.05, 0) is 66.6 Å². The molecule has 0 aliphatic heterocycles. The van der Waals surface area contributed by atoms with Gasteiger partial charge in [0.1, 0.15) is 22.4 Å². The zero-order chi connectivity index (χ0) is 34.8. The monoisotopic (exact) mass is 691 g/mol. The van der Waals surface area contributed by atoms with Crippen LogP contribution in [0.2, 0.25) is 5.02 Å². The maximum Gasteiger partial charge on any atom is 0.272 e. The summed E-state index contributed by atoms with van der Waals surface area (Å²) in [5.41, 5.74) is 4.02. The van der Waals surface area contributed by atoms with Crippen molar-refractivity contribution < 1.29 is 23.9 Å². The molecule has 0 saturated heterocycles. The van der Waals surface area contributed by atoms with Gasteiger partial charge in [-0.1, -0.05) is 90.0 Å². The van der Waals surface area contributed by atoms with E-state index in [1.807, 2.05) is 79.7 Å². The Morgan fingerprint density at radius 3 is 2.08 bits per heavy atom. The number of hydrogen-bond donors (Lipinski definition) is 3. The zero-order valence-corrected chi connectivity index (χ0v) is 28.6. The van der Waals surface area contributed by atoms with Gasteiger partial charge in [-0.2, -0.15) is 0 Å². The molecule has 3 N–H and O–H groups in total. The van der Waals surface area contributed by atoms with Crippen LogP contribution in [0.1, 0.15) is 32.3 Å². The number of halogens is 1. The number of aryl methyl sites for hydroxylation is 1. The van der Waals surface area contributed by atoms with Gasteiger partial charge in [0.2, 0.25) is 5.91 Å². The van der Waals surface area contributed by atoms with Crippen LogP contribution in [0.15, 0.2) is 132 Å². The number of methoxy groups -OCH3 is 2. The molecule has 1 atom stereocenters. The van der Waals surface area contributed by atoms with Gasteiger partial charge in [-0.25, -0.2) is 0 Å². The number of anilines is 2. The first-order valence-electron chi connectivity index (χ1n) is 15.2. The molecule has 3 amide bonds. The molecule has 0 heterocycles. The summed E-state index contributed by atoms with van der Waals surface area (Å²) < 4.78 is 10.7. The molecule has 0 saturated carbocycles.